The van der Waals surface area contributed by atoms with Gasteiger partial charge in [-0.05, 0) is 30.7 Å². The maximum Gasteiger partial charge on any atom is 0.0107 e. The number of hydrogen-bond acceptors (Lipinski definition) is 2. The average molecular weight is 226 g/mol. The molecule has 0 radical (unpaired) electrons. The number of nitrogens with one attached hydrogen (secondary N) is 1. The van der Waals surface area contributed by atoms with E-state index in [4.69, 9.17) is 0 Å². The van der Waals surface area contributed by atoms with Crippen molar-refractivity contribution >= 4 is 0 Å². The molecule has 0 saturated carbocycles. The van der Waals surface area contributed by atoms with Gasteiger partial charge >= 0.3 is 0 Å². The molecule has 1 aliphatic heterocycles. The van der Waals surface area contributed by atoms with Gasteiger partial charge in [0.25, 0.3) is 0 Å². The Morgan fingerprint density at radius 1 is 1.31 bits per heavy atom. The summed E-state index contributed by atoms with van der Waals surface area (Å²) in [6, 6.07) is 0.745. The molecule has 0 spiro atoms. The van der Waals surface area contributed by atoms with Crippen LogP contribution in [0, 0.1) is 11.3 Å². The van der Waals surface area contributed by atoms with Crippen LogP contribution in [-0.4, -0.2) is 37.1 Å². The van der Waals surface area contributed by atoms with Crippen LogP contribution in [0.25, 0.3) is 0 Å². The second-order valence-electron chi connectivity index (χ2n) is 6.42. The summed E-state index contributed by atoms with van der Waals surface area (Å²) in [6.07, 6.45) is 2.58. The molecule has 0 aromatic heterocycles. The Bertz CT molecular complexity index is 195. The third-order valence-electron chi connectivity index (χ3n) is 4.16. The highest BCUT2D eigenvalue weighted by molar-refractivity contribution is 4.78. The van der Waals surface area contributed by atoms with Gasteiger partial charge in [-0.25, -0.2) is 0 Å². The van der Waals surface area contributed by atoms with E-state index in [0.717, 1.165) is 18.5 Å². The van der Waals surface area contributed by atoms with Crippen LogP contribution < -0.4 is 5.32 Å². The minimum Gasteiger partial charge on any atom is -0.313 e. The van der Waals surface area contributed by atoms with E-state index >= 15 is 0 Å². The summed E-state index contributed by atoms with van der Waals surface area (Å²) in [5.41, 5.74) is 0.434. The molecule has 1 rings (SSSR count). The van der Waals surface area contributed by atoms with E-state index in [2.05, 4.69) is 44.8 Å². The van der Waals surface area contributed by atoms with Gasteiger partial charge in [-0.15, -0.1) is 0 Å². The molecule has 0 bridgehead atoms. The molecule has 1 aliphatic rings. The molecule has 0 aromatic carbocycles. The highest BCUT2D eigenvalue weighted by Gasteiger charge is 2.23. The fraction of sp³-hybridized carbons (Fsp3) is 1.00. The molecule has 96 valence electrons. The second kappa shape index (κ2) is 6.02. The number of nitrogens with zero attached hydrogens (tertiary/aromatic N) is 1. The quantitative estimate of drug-likeness (QED) is 0.796. The molecule has 0 amide bonds. The van der Waals surface area contributed by atoms with Crippen LogP contribution in [0.4, 0.5) is 0 Å². The summed E-state index contributed by atoms with van der Waals surface area (Å²) in [4.78, 5) is 2.64. The molecule has 2 heteroatoms. The standard InChI is InChI=1S/C14H30N2/c1-6-13-7-9-16(10-8-15-13)11-12(2)14(3,4)5/h12-13,15H,6-11H2,1-5H3. The van der Waals surface area contributed by atoms with E-state index in [1.807, 2.05) is 0 Å². The van der Waals surface area contributed by atoms with Gasteiger partial charge in [0.2, 0.25) is 0 Å². The first-order valence-corrected chi connectivity index (χ1v) is 6.89. The lowest BCUT2D eigenvalue weighted by Gasteiger charge is -2.32. The monoisotopic (exact) mass is 226 g/mol. The van der Waals surface area contributed by atoms with Gasteiger partial charge in [-0.3, -0.25) is 0 Å². The van der Waals surface area contributed by atoms with Crippen molar-refractivity contribution in [3.63, 3.8) is 0 Å². The first kappa shape index (κ1) is 14.0. The summed E-state index contributed by atoms with van der Waals surface area (Å²) in [6.45, 7) is 16.6. The molecule has 1 N–H and O–H groups in total. The molecule has 2 atom stereocenters. The molecule has 1 fully saturated rings. The van der Waals surface area contributed by atoms with Crippen LogP contribution in [0.1, 0.15) is 47.5 Å². The number of rotatable bonds is 3. The van der Waals surface area contributed by atoms with Crippen molar-refractivity contribution in [1.82, 2.24) is 10.2 Å². The molecule has 0 aromatic rings. The molecule has 1 heterocycles. The van der Waals surface area contributed by atoms with Crippen molar-refractivity contribution < 1.29 is 0 Å². The van der Waals surface area contributed by atoms with Gasteiger partial charge in [-0.1, -0.05) is 34.6 Å². The van der Waals surface area contributed by atoms with Crippen LogP contribution in [0.5, 0.6) is 0 Å². The van der Waals surface area contributed by atoms with Gasteiger partial charge in [-0.2, -0.15) is 0 Å². The zero-order valence-corrected chi connectivity index (χ0v) is 11.8. The zero-order valence-electron chi connectivity index (χ0n) is 11.8. The Labute approximate surface area is 102 Å². The van der Waals surface area contributed by atoms with E-state index in [1.54, 1.807) is 0 Å². The Kier molecular flexibility index (Phi) is 5.26. The minimum absolute atomic E-state index is 0.434. The van der Waals surface area contributed by atoms with Crippen molar-refractivity contribution in [1.29, 1.82) is 0 Å². The second-order valence-corrected chi connectivity index (χ2v) is 6.42. The molecule has 0 aliphatic carbocycles. The van der Waals surface area contributed by atoms with Crippen molar-refractivity contribution in [3.05, 3.63) is 0 Å². The van der Waals surface area contributed by atoms with E-state index in [-0.39, 0.29) is 0 Å². The van der Waals surface area contributed by atoms with Crippen LogP contribution in [0.3, 0.4) is 0 Å². The molecular formula is C14H30N2. The summed E-state index contributed by atoms with van der Waals surface area (Å²) in [7, 11) is 0. The topological polar surface area (TPSA) is 15.3 Å². The smallest absolute Gasteiger partial charge is 0.0107 e. The van der Waals surface area contributed by atoms with E-state index in [9.17, 15) is 0 Å². The molecule has 2 nitrogen and oxygen atoms in total. The summed E-state index contributed by atoms with van der Waals surface area (Å²) in [5.74, 6) is 0.769. The maximum atomic E-state index is 3.63. The maximum absolute atomic E-state index is 3.63. The van der Waals surface area contributed by atoms with Crippen LogP contribution in [0.2, 0.25) is 0 Å². The van der Waals surface area contributed by atoms with Crippen LogP contribution in [-0.2, 0) is 0 Å². The van der Waals surface area contributed by atoms with Gasteiger partial charge in [0, 0.05) is 25.7 Å². The average Bonchev–Trinajstić information content (AvgIpc) is 2.41. The van der Waals surface area contributed by atoms with Crippen LogP contribution in [0.15, 0.2) is 0 Å². The third kappa shape index (κ3) is 4.42. The number of hydrogen-bond donors (Lipinski definition) is 1. The summed E-state index contributed by atoms with van der Waals surface area (Å²) in [5, 5.41) is 3.63. The highest BCUT2D eigenvalue weighted by Crippen LogP contribution is 2.26. The highest BCUT2D eigenvalue weighted by atomic mass is 15.2. The first-order chi connectivity index (χ1) is 7.43. The SMILES string of the molecule is CCC1CCN(CC(C)C(C)(C)C)CCN1. The van der Waals surface area contributed by atoms with Crippen molar-refractivity contribution in [2.24, 2.45) is 11.3 Å². The fourth-order valence-electron chi connectivity index (χ4n) is 2.17. The lowest BCUT2D eigenvalue weighted by molar-refractivity contribution is 0.167. The molecule has 2 unspecified atom stereocenters. The predicted octanol–water partition coefficient (Wildman–Crippen LogP) is 2.74. The van der Waals surface area contributed by atoms with Gasteiger partial charge in [0.1, 0.15) is 0 Å². The van der Waals surface area contributed by atoms with Gasteiger partial charge in [0.15, 0.2) is 0 Å². The van der Waals surface area contributed by atoms with Crippen molar-refractivity contribution in [2.45, 2.75) is 53.5 Å². The Morgan fingerprint density at radius 2 is 2.00 bits per heavy atom. The van der Waals surface area contributed by atoms with Gasteiger partial charge < -0.3 is 10.2 Å². The lowest BCUT2D eigenvalue weighted by atomic mass is 9.82. The van der Waals surface area contributed by atoms with E-state index in [1.165, 1.54) is 32.5 Å². The Morgan fingerprint density at radius 3 is 2.56 bits per heavy atom. The van der Waals surface area contributed by atoms with E-state index in [0.29, 0.717) is 5.41 Å². The Hall–Kier alpha value is -0.0800. The molecular weight excluding hydrogens is 196 g/mol. The Balaban J connectivity index is 2.38. The van der Waals surface area contributed by atoms with Crippen molar-refractivity contribution in [2.75, 3.05) is 26.2 Å². The summed E-state index contributed by atoms with van der Waals surface area (Å²) >= 11 is 0. The fourth-order valence-corrected chi connectivity index (χ4v) is 2.17. The lowest BCUT2D eigenvalue weighted by Crippen LogP contribution is -2.36. The zero-order chi connectivity index (χ0) is 12.2. The molecule has 1 saturated heterocycles. The largest absolute Gasteiger partial charge is 0.313 e. The minimum atomic E-state index is 0.434. The van der Waals surface area contributed by atoms with Crippen LogP contribution >= 0.6 is 0 Å². The summed E-state index contributed by atoms with van der Waals surface area (Å²) < 4.78 is 0. The predicted molar refractivity (Wildman–Crippen MR) is 71.8 cm³/mol. The first-order valence-electron chi connectivity index (χ1n) is 6.89. The molecule has 16 heavy (non-hydrogen) atoms. The third-order valence-corrected chi connectivity index (χ3v) is 4.16. The normalized spacial score (nSPS) is 26.4. The van der Waals surface area contributed by atoms with Gasteiger partial charge in [0.05, 0.1) is 0 Å². The van der Waals surface area contributed by atoms with E-state index < -0.39 is 0 Å². The van der Waals surface area contributed by atoms with Crippen molar-refractivity contribution in [3.8, 4) is 0 Å².